The summed E-state index contributed by atoms with van der Waals surface area (Å²) in [6.07, 6.45) is 2.55. The second-order valence-corrected chi connectivity index (χ2v) is 2.24. The first-order valence-electron chi connectivity index (χ1n) is 3.86. The summed E-state index contributed by atoms with van der Waals surface area (Å²) in [5.74, 6) is 0. The maximum absolute atomic E-state index is 10.5. The van der Waals surface area contributed by atoms with Gasteiger partial charge in [-0.2, -0.15) is 0 Å². The molecule has 0 unspecified atom stereocenters. The SMILES string of the molecule is CNC(=O)OCCCCCN. The van der Waals surface area contributed by atoms with Crippen LogP contribution in [0.2, 0.25) is 0 Å². The Balaban J connectivity index is 2.95. The molecule has 0 atom stereocenters. The highest BCUT2D eigenvalue weighted by Crippen LogP contribution is 1.93. The number of carbonyl (C=O) groups is 1. The van der Waals surface area contributed by atoms with E-state index in [0.717, 1.165) is 19.3 Å². The van der Waals surface area contributed by atoms with E-state index in [9.17, 15) is 4.79 Å². The maximum atomic E-state index is 10.5. The molecule has 66 valence electrons. The van der Waals surface area contributed by atoms with E-state index in [4.69, 9.17) is 10.5 Å². The second kappa shape index (κ2) is 7.34. The van der Waals surface area contributed by atoms with Crippen molar-refractivity contribution in [3.05, 3.63) is 0 Å². The zero-order valence-corrected chi connectivity index (χ0v) is 6.93. The molecule has 3 N–H and O–H groups in total. The van der Waals surface area contributed by atoms with E-state index in [1.807, 2.05) is 0 Å². The Morgan fingerprint density at radius 3 is 2.73 bits per heavy atom. The van der Waals surface area contributed by atoms with Crippen LogP contribution in [0.5, 0.6) is 0 Å². The van der Waals surface area contributed by atoms with Crippen LogP contribution in [0.1, 0.15) is 19.3 Å². The lowest BCUT2D eigenvalue weighted by atomic mass is 10.2. The molecule has 0 fully saturated rings. The van der Waals surface area contributed by atoms with Crippen molar-refractivity contribution in [2.45, 2.75) is 19.3 Å². The van der Waals surface area contributed by atoms with Crippen molar-refractivity contribution in [1.82, 2.24) is 5.32 Å². The molecule has 0 rings (SSSR count). The minimum absolute atomic E-state index is 0.363. The van der Waals surface area contributed by atoms with E-state index in [1.54, 1.807) is 7.05 Å². The molecule has 0 aliphatic heterocycles. The van der Waals surface area contributed by atoms with Crippen molar-refractivity contribution in [3.8, 4) is 0 Å². The Morgan fingerprint density at radius 2 is 2.18 bits per heavy atom. The lowest BCUT2D eigenvalue weighted by Gasteiger charge is -2.02. The molecule has 11 heavy (non-hydrogen) atoms. The van der Waals surface area contributed by atoms with Crippen LogP contribution in [0.3, 0.4) is 0 Å². The molecule has 0 aromatic carbocycles. The van der Waals surface area contributed by atoms with Crippen molar-refractivity contribution in [2.24, 2.45) is 5.73 Å². The molecule has 4 nitrogen and oxygen atoms in total. The number of hydrogen-bond donors (Lipinski definition) is 2. The highest BCUT2D eigenvalue weighted by Gasteiger charge is 1.95. The van der Waals surface area contributed by atoms with E-state index < -0.39 is 0 Å². The molecule has 0 aromatic rings. The Hall–Kier alpha value is -0.770. The monoisotopic (exact) mass is 160 g/mol. The van der Waals surface area contributed by atoms with Gasteiger partial charge in [0, 0.05) is 7.05 Å². The highest BCUT2D eigenvalue weighted by atomic mass is 16.5. The van der Waals surface area contributed by atoms with Gasteiger partial charge in [-0.25, -0.2) is 4.79 Å². The fourth-order valence-corrected chi connectivity index (χ4v) is 0.660. The lowest BCUT2D eigenvalue weighted by molar-refractivity contribution is 0.146. The fraction of sp³-hybridized carbons (Fsp3) is 0.857. The third-order valence-electron chi connectivity index (χ3n) is 1.29. The van der Waals surface area contributed by atoms with E-state index in [-0.39, 0.29) is 6.09 Å². The normalized spacial score (nSPS) is 9.27. The summed E-state index contributed by atoms with van der Waals surface area (Å²) in [5.41, 5.74) is 5.28. The molecule has 0 spiro atoms. The maximum Gasteiger partial charge on any atom is 0.406 e. The van der Waals surface area contributed by atoms with Crippen molar-refractivity contribution in [3.63, 3.8) is 0 Å². The van der Waals surface area contributed by atoms with Crippen LogP contribution < -0.4 is 11.1 Å². The predicted octanol–water partition coefficient (Wildman–Crippen LogP) is 0.471. The van der Waals surface area contributed by atoms with Gasteiger partial charge in [0.1, 0.15) is 0 Å². The van der Waals surface area contributed by atoms with Crippen LogP contribution >= 0.6 is 0 Å². The number of unbranched alkanes of at least 4 members (excludes halogenated alkanes) is 2. The molecule has 0 radical (unpaired) electrons. The van der Waals surface area contributed by atoms with E-state index in [1.165, 1.54) is 0 Å². The fourth-order valence-electron chi connectivity index (χ4n) is 0.660. The number of nitrogens with two attached hydrogens (primary N) is 1. The quantitative estimate of drug-likeness (QED) is 0.575. The van der Waals surface area contributed by atoms with Crippen LogP contribution in [0.4, 0.5) is 4.79 Å². The molecule has 0 aliphatic rings. The number of nitrogens with one attached hydrogen (secondary N) is 1. The molecule has 4 heteroatoms. The van der Waals surface area contributed by atoms with E-state index >= 15 is 0 Å². The average Bonchev–Trinajstić information content (AvgIpc) is 2.04. The molecule has 1 amide bonds. The standard InChI is InChI=1S/C7H16N2O2/c1-9-7(10)11-6-4-2-3-5-8/h2-6,8H2,1H3,(H,9,10). The number of ether oxygens (including phenoxy) is 1. The first-order chi connectivity index (χ1) is 5.31. The highest BCUT2D eigenvalue weighted by molar-refractivity contribution is 5.66. The number of hydrogen-bond acceptors (Lipinski definition) is 3. The average molecular weight is 160 g/mol. The predicted molar refractivity (Wildman–Crippen MR) is 43.3 cm³/mol. The van der Waals surface area contributed by atoms with E-state index in [2.05, 4.69) is 5.32 Å². The first-order valence-corrected chi connectivity index (χ1v) is 3.86. The molecule has 0 bridgehead atoms. The van der Waals surface area contributed by atoms with Gasteiger partial charge in [-0.15, -0.1) is 0 Å². The van der Waals surface area contributed by atoms with Crippen LogP contribution in [0.15, 0.2) is 0 Å². The summed E-state index contributed by atoms with van der Waals surface area (Å²) in [4.78, 5) is 10.5. The smallest absolute Gasteiger partial charge is 0.406 e. The summed E-state index contributed by atoms with van der Waals surface area (Å²) in [5, 5.41) is 2.37. The third kappa shape index (κ3) is 7.12. The lowest BCUT2D eigenvalue weighted by Crippen LogP contribution is -2.19. The molecule has 0 aromatic heterocycles. The molecule has 0 aliphatic carbocycles. The number of carbonyl (C=O) groups excluding carboxylic acids is 1. The number of alkyl carbamates (subject to hydrolysis) is 1. The molecular formula is C7H16N2O2. The van der Waals surface area contributed by atoms with Crippen molar-refractivity contribution >= 4 is 6.09 Å². The van der Waals surface area contributed by atoms with Gasteiger partial charge in [0.05, 0.1) is 6.61 Å². The zero-order chi connectivity index (χ0) is 8.53. The van der Waals surface area contributed by atoms with Crippen LogP contribution in [-0.2, 0) is 4.74 Å². The Morgan fingerprint density at radius 1 is 1.45 bits per heavy atom. The Labute approximate surface area is 67.1 Å². The molecule has 0 heterocycles. The minimum Gasteiger partial charge on any atom is -0.450 e. The van der Waals surface area contributed by atoms with Gasteiger partial charge in [-0.3, -0.25) is 0 Å². The summed E-state index contributed by atoms with van der Waals surface area (Å²) in [6.45, 7) is 1.19. The van der Waals surface area contributed by atoms with Gasteiger partial charge in [0.15, 0.2) is 0 Å². The summed E-state index contributed by atoms with van der Waals surface area (Å²) >= 11 is 0. The topological polar surface area (TPSA) is 64.3 Å². The van der Waals surface area contributed by atoms with Gasteiger partial charge in [-0.1, -0.05) is 0 Å². The van der Waals surface area contributed by atoms with Crippen LogP contribution in [-0.4, -0.2) is 26.3 Å². The molecule has 0 saturated carbocycles. The molecule has 0 saturated heterocycles. The van der Waals surface area contributed by atoms with Gasteiger partial charge in [0.25, 0.3) is 0 Å². The molecular weight excluding hydrogens is 144 g/mol. The third-order valence-corrected chi connectivity index (χ3v) is 1.29. The van der Waals surface area contributed by atoms with Gasteiger partial charge >= 0.3 is 6.09 Å². The first kappa shape index (κ1) is 10.2. The zero-order valence-electron chi connectivity index (χ0n) is 6.93. The Kier molecular flexibility index (Phi) is 6.82. The van der Waals surface area contributed by atoms with Crippen molar-refractivity contribution in [1.29, 1.82) is 0 Å². The Bertz CT molecular complexity index is 107. The van der Waals surface area contributed by atoms with E-state index in [0.29, 0.717) is 13.2 Å². The number of rotatable bonds is 5. The summed E-state index contributed by atoms with van der Waals surface area (Å²) in [6, 6.07) is 0. The van der Waals surface area contributed by atoms with Crippen molar-refractivity contribution < 1.29 is 9.53 Å². The van der Waals surface area contributed by atoms with Crippen LogP contribution in [0, 0.1) is 0 Å². The summed E-state index contributed by atoms with van der Waals surface area (Å²) in [7, 11) is 1.54. The van der Waals surface area contributed by atoms with Gasteiger partial charge in [0.2, 0.25) is 0 Å². The summed E-state index contributed by atoms with van der Waals surface area (Å²) < 4.78 is 4.75. The minimum atomic E-state index is -0.363. The number of amides is 1. The largest absolute Gasteiger partial charge is 0.450 e. The van der Waals surface area contributed by atoms with Gasteiger partial charge in [-0.05, 0) is 25.8 Å². The second-order valence-electron chi connectivity index (χ2n) is 2.24. The van der Waals surface area contributed by atoms with Gasteiger partial charge < -0.3 is 15.8 Å². The van der Waals surface area contributed by atoms with Crippen molar-refractivity contribution in [2.75, 3.05) is 20.2 Å². The van der Waals surface area contributed by atoms with Crippen LogP contribution in [0.25, 0.3) is 0 Å².